The molecule has 7 heteroatoms. The highest BCUT2D eigenvalue weighted by Gasteiger charge is 2.40. The number of nitrogens with zero attached hydrogens (tertiary/aromatic N) is 3. The molecule has 0 atom stereocenters. The lowest BCUT2D eigenvalue weighted by atomic mass is 9.97. The minimum atomic E-state index is -0.675. The molecule has 2 amide bonds. The van der Waals surface area contributed by atoms with Crippen molar-refractivity contribution in [1.29, 1.82) is 0 Å². The Kier molecular flexibility index (Phi) is 4.21. The van der Waals surface area contributed by atoms with E-state index in [2.05, 4.69) is 4.98 Å². The third-order valence-electron chi connectivity index (χ3n) is 4.84. The molecule has 124 valence electrons. The average Bonchev–Trinajstić information content (AvgIpc) is 3.02. The molecule has 1 saturated carbocycles. The quantitative estimate of drug-likeness (QED) is 0.822. The summed E-state index contributed by atoms with van der Waals surface area (Å²) in [5.74, 6) is 0.166. The van der Waals surface area contributed by atoms with E-state index in [4.69, 9.17) is 11.5 Å². The van der Waals surface area contributed by atoms with Gasteiger partial charge in [0.1, 0.15) is 5.82 Å². The summed E-state index contributed by atoms with van der Waals surface area (Å²) < 4.78 is 0. The second kappa shape index (κ2) is 6.16. The molecule has 2 aliphatic rings. The summed E-state index contributed by atoms with van der Waals surface area (Å²) in [4.78, 5) is 32.3. The molecule has 4 N–H and O–H groups in total. The molecule has 1 saturated heterocycles. The maximum absolute atomic E-state index is 12.6. The largest absolute Gasteiger partial charge is 0.365 e. The van der Waals surface area contributed by atoms with Gasteiger partial charge in [0.05, 0.1) is 11.1 Å². The first kappa shape index (κ1) is 15.7. The molecule has 1 aromatic rings. The Morgan fingerprint density at radius 2 is 1.78 bits per heavy atom. The van der Waals surface area contributed by atoms with Gasteiger partial charge in [0.2, 0.25) is 5.91 Å². The minimum Gasteiger partial charge on any atom is -0.365 e. The Labute approximate surface area is 135 Å². The Balaban J connectivity index is 1.67. The Bertz CT molecular complexity index is 604. The highest BCUT2D eigenvalue weighted by Crippen LogP contribution is 2.29. The number of primary amides is 1. The Hall–Kier alpha value is -2.15. The molecule has 3 rings (SSSR count). The van der Waals surface area contributed by atoms with Gasteiger partial charge in [0.15, 0.2) is 0 Å². The lowest BCUT2D eigenvalue weighted by Gasteiger charge is -2.39. The van der Waals surface area contributed by atoms with Gasteiger partial charge in [-0.15, -0.1) is 0 Å². The van der Waals surface area contributed by atoms with Gasteiger partial charge < -0.3 is 21.3 Å². The van der Waals surface area contributed by atoms with E-state index in [-0.39, 0.29) is 5.91 Å². The molecule has 7 nitrogen and oxygen atoms in total. The number of aromatic nitrogens is 1. The van der Waals surface area contributed by atoms with Crippen LogP contribution in [0.5, 0.6) is 0 Å². The fourth-order valence-electron chi connectivity index (χ4n) is 3.50. The zero-order chi connectivity index (χ0) is 16.4. The lowest BCUT2D eigenvalue weighted by Crippen LogP contribution is -2.58. The maximum atomic E-state index is 12.6. The zero-order valence-corrected chi connectivity index (χ0v) is 13.2. The summed E-state index contributed by atoms with van der Waals surface area (Å²) in [5.41, 5.74) is 11.4. The van der Waals surface area contributed by atoms with E-state index < -0.39 is 11.4 Å². The molecule has 0 radical (unpaired) electrons. The van der Waals surface area contributed by atoms with Gasteiger partial charge in [0, 0.05) is 32.4 Å². The van der Waals surface area contributed by atoms with Crippen molar-refractivity contribution in [3.8, 4) is 0 Å². The molecule has 0 unspecified atom stereocenters. The van der Waals surface area contributed by atoms with Crippen LogP contribution >= 0.6 is 0 Å². The van der Waals surface area contributed by atoms with Crippen LogP contribution in [0.15, 0.2) is 18.3 Å². The van der Waals surface area contributed by atoms with Crippen LogP contribution in [0.4, 0.5) is 5.82 Å². The van der Waals surface area contributed by atoms with Gasteiger partial charge in [-0.25, -0.2) is 4.98 Å². The van der Waals surface area contributed by atoms with Gasteiger partial charge >= 0.3 is 0 Å². The molecule has 0 spiro atoms. The van der Waals surface area contributed by atoms with Crippen LogP contribution in [0.1, 0.15) is 36.0 Å². The van der Waals surface area contributed by atoms with E-state index in [0.29, 0.717) is 37.6 Å². The van der Waals surface area contributed by atoms with Crippen molar-refractivity contribution in [2.24, 2.45) is 11.5 Å². The molecule has 1 aliphatic carbocycles. The number of carbonyl (C=O) groups is 2. The fraction of sp³-hybridized carbons (Fsp3) is 0.562. The first-order valence-corrected chi connectivity index (χ1v) is 8.09. The number of carbonyl (C=O) groups excluding carboxylic acids is 2. The van der Waals surface area contributed by atoms with Crippen LogP contribution in [-0.2, 0) is 4.79 Å². The Morgan fingerprint density at radius 3 is 2.39 bits per heavy atom. The van der Waals surface area contributed by atoms with Crippen LogP contribution in [0, 0.1) is 0 Å². The lowest BCUT2D eigenvalue weighted by molar-refractivity contribution is -0.137. The molecule has 2 heterocycles. The Morgan fingerprint density at radius 1 is 1.13 bits per heavy atom. The average molecular weight is 317 g/mol. The summed E-state index contributed by atoms with van der Waals surface area (Å²) in [6.45, 7) is 2.43. The van der Waals surface area contributed by atoms with Crippen LogP contribution in [0.2, 0.25) is 0 Å². The summed E-state index contributed by atoms with van der Waals surface area (Å²) in [6, 6.07) is 3.37. The molecule has 2 fully saturated rings. The van der Waals surface area contributed by atoms with E-state index in [0.717, 1.165) is 25.7 Å². The normalized spacial score (nSPS) is 20.6. The molecule has 1 aromatic heterocycles. The van der Waals surface area contributed by atoms with Gasteiger partial charge in [-0.1, -0.05) is 12.8 Å². The SMILES string of the molecule is NC(=O)c1cccnc1N1CCN(C(=O)C2(N)CCCC2)CC1. The topological polar surface area (TPSA) is 106 Å². The van der Waals surface area contributed by atoms with Crippen molar-refractivity contribution in [2.45, 2.75) is 31.2 Å². The van der Waals surface area contributed by atoms with Gasteiger partial charge in [-0.05, 0) is 25.0 Å². The second-order valence-electron chi connectivity index (χ2n) is 6.38. The third-order valence-corrected chi connectivity index (χ3v) is 4.84. The molecule has 0 aromatic carbocycles. The van der Waals surface area contributed by atoms with Crippen molar-refractivity contribution in [3.63, 3.8) is 0 Å². The number of hydrogen-bond donors (Lipinski definition) is 2. The highest BCUT2D eigenvalue weighted by atomic mass is 16.2. The number of rotatable bonds is 3. The first-order chi connectivity index (χ1) is 11.0. The summed E-state index contributed by atoms with van der Waals surface area (Å²) >= 11 is 0. The smallest absolute Gasteiger partial charge is 0.252 e. The van der Waals surface area contributed by atoms with Crippen molar-refractivity contribution in [2.75, 3.05) is 31.1 Å². The van der Waals surface area contributed by atoms with Crippen LogP contribution in [0.3, 0.4) is 0 Å². The van der Waals surface area contributed by atoms with Crippen LogP contribution < -0.4 is 16.4 Å². The van der Waals surface area contributed by atoms with Gasteiger partial charge in [0.25, 0.3) is 5.91 Å². The van der Waals surface area contributed by atoms with E-state index in [1.54, 1.807) is 18.3 Å². The second-order valence-corrected chi connectivity index (χ2v) is 6.38. The third kappa shape index (κ3) is 3.01. The van der Waals surface area contributed by atoms with E-state index in [1.165, 1.54) is 0 Å². The molecule has 23 heavy (non-hydrogen) atoms. The van der Waals surface area contributed by atoms with Crippen LogP contribution in [0.25, 0.3) is 0 Å². The van der Waals surface area contributed by atoms with Gasteiger partial charge in [-0.3, -0.25) is 9.59 Å². The zero-order valence-electron chi connectivity index (χ0n) is 13.2. The number of hydrogen-bond acceptors (Lipinski definition) is 5. The standard InChI is InChI=1S/C16H23N5O2/c17-13(22)12-4-3-7-19-14(12)20-8-10-21(11-9-20)15(23)16(18)5-1-2-6-16/h3-4,7H,1-2,5-6,8-11,18H2,(H2,17,22). The predicted octanol–water partition coefficient (Wildman–Crippen LogP) is 0.101. The van der Waals surface area contributed by atoms with Crippen molar-refractivity contribution < 1.29 is 9.59 Å². The van der Waals surface area contributed by atoms with E-state index in [9.17, 15) is 9.59 Å². The number of piperazine rings is 1. The number of anilines is 1. The number of nitrogens with two attached hydrogens (primary N) is 2. The monoisotopic (exact) mass is 317 g/mol. The highest BCUT2D eigenvalue weighted by molar-refractivity contribution is 5.97. The van der Waals surface area contributed by atoms with Crippen molar-refractivity contribution in [3.05, 3.63) is 23.9 Å². The van der Waals surface area contributed by atoms with E-state index in [1.807, 2.05) is 9.80 Å². The van der Waals surface area contributed by atoms with E-state index >= 15 is 0 Å². The predicted molar refractivity (Wildman–Crippen MR) is 86.9 cm³/mol. The summed E-state index contributed by atoms with van der Waals surface area (Å²) in [7, 11) is 0. The fourth-order valence-corrected chi connectivity index (χ4v) is 3.50. The molecular weight excluding hydrogens is 294 g/mol. The van der Waals surface area contributed by atoms with Crippen molar-refractivity contribution in [1.82, 2.24) is 9.88 Å². The van der Waals surface area contributed by atoms with Gasteiger partial charge in [-0.2, -0.15) is 0 Å². The molecule has 1 aliphatic heterocycles. The minimum absolute atomic E-state index is 0.0609. The first-order valence-electron chi connectivity index (χ1n) is 8.09. The van der Waals surface area contributed by atoms with Crippen molar-refractivity contribution >= 4 is 17.6 Å². The molecular formula is C16H23N5O2. The molecule has 0 bridgehead atoms. The number of amides is 2. The number of pyridine rings is 1. The maximum Gasteiger partial charge on any atom is 0.252 e. The van der Waals surface area contributed by atoms with Crippen LogP contribution in [-0.4, -0.2) is 53.4 Å². The summed E-state index contributed by atoms with van der Waals surface area (Å²) in [6.07, 6.45) is 5.25. The summed E-state index contributed by atoms with van der Waals surface area (Å²) in [5, 5.41) is 0.